The summed E-state index contributed by atoms with van der Waals surface area (Å²) in [5.41, 5.74) is 0. The van der Waals surface area contributed by atoms with E-state index in [2.05, 4.69) is 0 Å². The second-order valence-corrected chi connectivity index (χ2v) is 2.47. The Labute approximate surface area is 62.9 Å². The molecule has 0 amide bonds. The third kappa shape index (κ3) is 2.11. The molecule has 0 atom stereocenters. The molecule has 0 saturated heterocycles. The molecule has 0 saturated carbocycles. The molecular weight excluding hydrogens is 157 g/mol. The van der Waals surface area contributed by atoms with Crippen LogP contribution in [0.1, 0.15) is 0 Å². The summed E-state index contributed by atoms with van der Waals surface area (Å²) < 4.78 is 35.9. The summed E-state index contributed by atoms with van der Waals surface area (Å²) in [4.78, 5) is 1.92. The van der Waals surface area contributed by atoms with Crippen LogP contribution in [0.2, 0.25) is 0 Å². The summed E-state index contributed by atoms with van der Waals surface area (Å²) >= 11 is 0. The summed E-state index contributed by atoms with van der Waals surface area (Å²) in [6.07, 6.45) is -1.09. The van der Waals surface area contributed by atoms with Crippen LogP contribution >= 0.6 is 0 Å². The van der Waals surface area contributed by atoms with Crippen LogP contribution in [0.5, 0.6) is 0 Å². The summed E-state index contributed by atoms with van der Waals surface area (Å²) in [5.74, 6) is 0. The third-order valence-corrected chi connectivity index (χ3v) is 1.44. The largest absolute Gasteiger partial charge is 0.461 e. The van der Waals surface area contributed by atoms with Crippen molar-refractivity contribution in [2.75, 3.05) is 20.3 Å². The van der Waals surface area contributed by atoms with Gasteiger partial charge < -0.3 is 4.90 Å². The van der Waals surface area contributed by atoms with Crippen molar-refractivity contribution in [1.82, 2.24) is 9.80 Å². The van der Waals surface area contributed by atoms with Crippen LogP contribution in [0, 0.1) is 0 Å². The first-order valence-corrected chi connectivity index (χ1v) is 3.19. The molecule has 1 aliphatic heterocycles. The number of nitrogens with zero attached hydrogens (tertiary/aromatic N) is 2. The van der Waals surface area contributed by atoms with Crippen molar-refractivity contribution in [2.45, 2.75) is 6.30 Å². The van der Waals surface area contributed by atoms with Crippen molar-refractivity contribution in [3.63, 3.8) is 0 Å². The molecule has 0 fully saturated rings. The Balaban J connectivity index is 2.57. The average Bonchev–Trinajstić information content (AvgIpc) is 1.86. The van der Waals surface area contributed by atoms with Crippen LogP contribution in [0.15, 0.2) is 12.3 Å². The molecule has 64 valence electrons. The van der Waals surface area contributed by atoms with E-state index in [9.17, 15) is 13.2 Å². The number of halogens is 3. The van der Waals surface area contributed by atoms with Gasteiger partial charge in [-0.25, -0.2) is 0 Å². The van der Waals surface area contributed by atoms with Crippen LogP contribution in [0.3, 0.4) is 0 Å². The van der Waals surface area contributed by atoms with Gasteiger partial charge in [-0.05, 0) is 6.20 Å². The van der Waals surface area contributed by atoms with Crippen molar-refractivity contribution in [3.05, 3.63) is 12.3 Å². The molecule has 0 bridgehead atoms. The van der Waals surface area contributed by atoms with Gasteiger partial charge in [-0.15, -0.1) is 0 Å². The zero-order chi connectivity index (χ0) is 8.48. The molecule has 0 spiro atoms. The fraction of sp³-hybridized carbons (Fsp3) is 0.667. The lowest BCUT2D eigenvalue weighted by Crippen LogP contribution is -2.45. The van der Waals surface area contributed by atoms with Gasteiger partial charge in [-0.3, -0.25) is 0 Å². The molecule has 0 radical (unpaired) electrons. The van der Waals surface area contributed by atoms with Crippen LogP contribution in [-0.2, 0) is 0 Å². The Morgan fingerprint density at radius 3 is 2.36 bits per heavy atom. The van der Waals surface area contributed by atoms with Gasteiger partial charge in [0.15, 0.2) is 0 Å². The van der Waals surface area contributed by atoms with E-state index >= 15 is 0 Å². The Morgan fingerprint density at radius 2 is 2.00 bits per heavy atom. The van der Waals surface area contributed by atoms with Crippen LogP contribution in [0.25, 0.3) is 0 Å². The van der Waals surface area contributed by atoms with E-state index in [1.165, 1.54) is 11.0 Å². The lowest BCUT2D eigenvalue weighted by atomic mass is 10.4. The average molecular weight is 166 g/mol. The highest BCUT2D eigenvalue weighted by Gasteiger charge is 2.37. The van der Waals surface area contributed by atoms with Crippen molar-refractivity contribution in [2.24, 2.45) is 0 Å². The van der Waals surface area contributed by atoms with Gasteiger partial charge in [0.2, 0.25) is 0 Å². The second kappa shape index (κ2) is 2.73. The molecule has 1 aliphatic rings. The molecule has 0 N–H and O–H groups in total. The fourth-order valence-corrected chi connectivity index (χ4v) is 0.912. The lowest BCUT2D eigenvalue weighted by Gasteiger charge is -2.30. The highest BCUT2D eigenvalue weighted by atomic mass is 19.4. The van der Waals surface area contributed by atoms with Crippen molar-refractivity contribution >= 4 is 0 Å². The molecule has 0 aliphatic carbocycles. The monoisotopic (exact) mass is 166 g/mol. The van der Waals surface area contributed by atoms with Crippen LogP contribution < -0.4 is 0 Å². The van der Waals surface area contributed by atoms with E-state index in [-0.39, 0.29) is 13.2 Å². The molecule has 2 nitrogen and oxygen atoms in total. The number of alkyl halides is 3. The van der Waals surface area contributed by atoms with E-state index in [0.717, 1.165) is 0 Å². The summed E-state index contributed by atoms with van der Waals surface area (Å²) in [6.45, 7) is -0.131. The van der Waals surface area contributed by atoms with E-state index in [0.29, 0.717) is 4.90 Å². The molecular formula is C6H9F3N2. The Bertz CT molecular complexity index is 164. The quantitative estimate of drug-likeness (QED) is 0.499. The first-order chi connectivity index (χ1) is 5.00. The summed E-state index contributed by atoms with van der Waals surface area (Å²) in [5, 5.41) is 0. The zero-order valence-electron chi connectivity index (χ0n) is 6.10. The van der Waals surface area contributed by atoms with Gasteiger partial charge in [0, 0.05) is 13.6 Å². The Hall–Kier alpha value is -0.710. The van der Waals surface area contributed by atoms with E-state index < -0.39 is 6.30 Å². The molecule has 0 aromatic heterocycles. The van der Waals surface area contributed by atoms with Crippen LogP contribution in [0.4, 0.5) is 13.2 Å². The molecule has 1 rings (SSSR count). The van der Waals surface area contributed by atoms with Gasteiger partial charge in [-0.2, -0.15) is 18.1 Å². The predicted molar refractivity (Wildman–Crippen MR) is 34.5 cm³/mol. The minimum absolute atomic E-state index is 0.0478. The van der Waals surface area contributed by atoms with Crippen molar-refractivity contribution in [3.8, 4) is 0 Å². The minimum atomic E-state index is -4.21. The zero-order valence-corrected chi connectivity index (χ0v) is 6.10. The van der Waals surface area contributed by atoms with E-state index in [1.54, 1.807) is 13.2 Å². The SMILES string of the molecule is CN1C=CCN(C(F)(F)F)C1. The van der Waals surface area contributed by atoms with Gasteiger partial charge in [0.1, 0.15) is 0 Å². The van der Waals surface area contributed by atoms with E-state index in [1.807, 2.05) is 0 Å². The second-order valence-electron chi connectivity index (χ2n) is 2.47. The van der Waals surface area contributed by atoms with E-state index in [4.69, 9.17) is 0 Å². The maximum absolute atomic E-state index is 12.0. The highest BCUT2D eigenvalue weighted by molar-refractivity contribution is 4.89. The normalized spacial score (nSPS) is 20.9. The van der Waals surface area contributed by atoms with Gasteiger partial charge in [0.25, 0.3) is 0 Å². The molecule has 11 heavy (non-hydrogen) atoms. The molecule has 0 aromatic rings. The standard InChI is InChI=1S/C6H9F3N2/c1-10-3-2-4-11(5-10)6(7,8)9/h2-3H,4-5H2,1H3. The van der Waals surface area contributed by atoms with Gasteiger partial charge in [0.05, 0.1) is 6.67 Å². The van der Waals surface area contributed by atoms with Crippen molar-refractivity contribution < 1.29 is 13.2 Å². The predicted octanol–water partition coefficient (Wildman–Crippen LogP) is 1.22. The molecule has 5 heteroatoms. The number of rotatable bonds is 0. The first kappa shape index (κ1) is 8.39. The topological polar surface area (TPSA) is 6.48 Å². The number of hydrogen-bond donors (Lipinski definition) is 0. The summed E-state index contributed by atoms with van der Waals surface area (Å²) in [6, 6.07) is 0. The molecule has 0 aromatic carbocycles. The smallest absolute Gasteiger partial charge is 0.368 e. The molecule has 0 unspecified atom stereocenters. The maximum Gasteiger partial charge on any atom is 0.461 e. The first-order valence-electron chi connectivity index (χ1n) is 3.19. The summed E-state index contributed by atoms with van der Waals surface area (Å²) in [7, 11) is 1.61. The highest BCUT2D eigenvalue weighted by Crippen LogP contribution is 2.22. The Morgan fingerprint density at radius 1 is 1.36 bits per heavy atom. The van der Waals surface area contributed by atoms with Gasteiger partial charge >= 0.3 is 6.30 Å². The van der Waals surface area contributed by atoms with Crippen molar-refractivity contribution in [1.29, 1.82) is 0 Å². The van der Waals surface area contributed by atoms with Gasteiger partial charge in [-0.1, -0.05) is 6.08 Å². The maximum atomic E-state index is 12.0. The Kier molecular flexibility index (Phi) is 2.08. The van der Waals surface area contributed by atoms with Crippen LogP contribution in [-0.4, -0.2) is 36.4 Å². The molecule has 1 heterocycles. The third-order valence-electron chi connectivity index (χ3n) is 1.44. The minimum Gasteiger partial charge on any atom is -0.368 e. The fourth-order valence-electron chi connectivity index (χ4n) is 0.912. The number of hydrogen-bond acceptors (Lipinski definition) is 2. The lowest BCUT2D eigenvalue weighted by molar-refractivity contribution is -0.251.